The molecule has 0 amide bonds. The summed E-state index contributed by atoms with van der Waals surface area (Å²) in [6.45, 7) is 4.47. The van der Waals surface area contributed by atoms with E-state index in [1.165, 1.54) is 65.5 Å². The zero-order valence-electron chi connectivity index (χ0n) is 26.2. The monoisotopic (exact) mass is 687 g/mol. The largest absolute Gasteiger partial charge is 0.304 e. The molecule has 39 heavy (non-hydrogen) atoms. The SMILES string of the molecule is [2H]c1[c-]c2c(c([2H])c([2H])c3c4c(cnc32)C2CC3CC(C2)CC4C3)c(-c2ccc3c(c2)C(C)(C)c2ccccc2-3)c1[2H].[Ir]. The molecule has 2 fully saturated rings. The Morgan fingerprint density at radius 1 is 0.821 bits per heavy atom. The molecule has 2 saturated carbocycles. The molecule has 1 heterocycles. The van der Waals surface area contributed by atoms with Crippen LogP contribution in [0, 0.1) is 17.9 Å². The van der Waals surface area contributed by atoms with Crippen LogP contribution in [-0.4, -0.2) is 4.98 Å². The number of fused-ring (bicyclic) bond motifs is 6. The third-order valence-corrected chi connectivity index (χ3v) is 10.4. The van der Waals surface area contributed by atoms with Crippen molar-refractivity contribution in [3.63, 3.8) is 0 Å². The van der Waals surface area contributed by atoms with Crippen LogP contribution in [0.1, 0.15) is 85.5 Å². The van der Waals surface area contributed by atoms with Gasteiger partial charge >= 0.3 is 0 Å². The molecule has 195 valence electrons. The first-order valence-corrected chi connectivity index (χ1v) is 14.2. The van der Waals surface area contributed by atoms with E-state index < -0.39 is 0 Å². The molecule has 1 nitrogen and oxygen atoms in total. The molecule has 2 unspecified atom stereocenters. The molecule has 1 aromatic heterocycles. The van der Waals surface area contributed by atoms with Crippen molar-refractivity contribution >= 4 is 21.7 Å². The van der Waals surface area contributed by atoms with Gasteiger partial charge < -0.3 is 4.98 Å². The van der Waals surface area contributed by atoms with Gasteiger partial charge in [-0.15, -0.1) is 23.5 Å². The fraction of sp³-hybridized carbons (Fsp3) is 0.324. The quantitative estimate of drug-likeness (QED) is 0.127. The van der Waals surface area contributed by atoms with Gasteiger partial charge in [0.1, 0.15) is 0 Å². The van der Waals surface area contributed by atoms with E-state index in [-0.39, 0.29) is 49.7 Å². The molecule has 0 aliphatic heterocycles. The predicted octanol–water partition coefficient (Wildman–Crippen LogP) is 9.55. The van der Waals surface area contributed by atoms with E-state index in [0.29, 0.717) is 33.7 Å². The van der Waals surface area contributed by atoms with Crippen molar-refractivity contribution in [3.8, 4) is 22.3 Å². The Kier molecular flexibility index (Phi) is 4.31. The fourth-order valence-corrected chi connectivity index (χ4v) is 8.87. The molecule has 4 aromatic carbocycles. The van der Waals surface area contributed by atoms with Gasteiger partial charge in [0.2, 0.25) is 0 Å². The van der Waals surface area contributed by atoms with Crippen LogP contribution < -0.4 is 0 Å². The van der Waals surface area contributed by atoms with Crippen LogP contribution in [0.4, 0.5) is 0 Å². The van der Waals surface area contributed by atoms with Gasteiger partial charge in [-0.3, -0.25) is 0 Å². The second-order valence-electron chi connectivity index (χ2n) is 12.8. The maximum absolute atomic E-state index is 9.40. The summed E-state index contributed by atoms with van der Waals surface area (Å²) in [7, 11) is 0. The number of nitrogens with zero attached hydrogens (tertiary/aromatic N) is 1. The average molecular weight is 687 g/mol. The zero-order chi connectivity index (χ0) is 28.7. The van der Waals surface area contributed by atoms with Crippen molar-refractivity contribution in [1.29, 1.82) is 0 Å². The summed E-state index contributed by atoms with van der Waals surface area (Å²) in [5.74, 6) is 2.41. The number of hydrogen-bond acceptors (Lipinski definition) is 1. The number of pyridine rings is 1. The minimum Gasteiger partial charge on any atom is -0.304 e. The van der Waals surface area contributed by atoms with Gasteiger partial charge in [0, 0.05) is 33.1 Å². The van der Waals surface area contributed by atoms with Crippen molar-refractivity contribution in [3.05, 3.63) is 101 Å². The van der Waals surface area contributed by atoms with Gasteiger partial charge in [-0.2, -0.15) is 0 Å². The van der Waals surface area contributed by atoms with Crippen molar-refractivity contribution in [1.82, 2.24) is 4.98 Å². The Morgan fingerprint density at radius 3 is 2.41 bits per heavy atom. The Morgan fingerprint density at radius 2 is 1.56 bits per heavy atom. The molecule has 5 aromatic rings. The number of benzene rings is 4. The van der Waals surface area contributed by atoms with Gasteiger partial charge in [-0.1, -0.05) is 79.3 Å². The molecule has 0 saturated heterocycles. The molecule has 1 radical (unpaired) electrons. The first-order chi connectivity index (χ1) is 20.2. The third-order valence-electron chi connectivity index (χ3n) is 10.4. The fourth-order valence-electron chi connectivity index (χ4n) is 8.87. The van der Waals surface area contributed by atoms with E-state index in [1.807, 2.05) is 6.07 Å². The Bertz CT molecular complexity index is 2020. The van der Waals surface area contributed by atoms with Gasteiger partial charge in [-0.05, 0) is 107 Å². The third kappa shape index (κ3) is 3.25. The molecule has 10 rings (SSSR count). The van der Waals surface area contributed by atoms with Gasteiger partial charge in [0.25, 0.3) is 0 Å². The van der Waals surface area contributed by atoms with Crippen LogP contribution in [-0.2, 0) is 25.5 Å². The summed E-state index contributed by atoms with van der Waals surface area (Å²) < 4.78 is 36.7. The predicted molar refractivity (Wildman–Crippen MR) is 157 cm³/mol. The second kappa shape index (κ2) is 8.35. The second-order valence-corrected chi connectivity index (χ2v) is 12.8. The summed E-state index contributed by atoms with van der Waals surface area (Å²) >= 11 is 0. The van der Waals surface area contributed by atoms with Crippen LogP contribution in [0.15, 0.2) is 72.8 Å². The summed E-state index contributed by atoms with van der Waals surface area (Å²) in [5, 5.41) is 1.93. The topological polar surface area (TPSA) is 12.9 Å². The first-order valence-electron chi connectivity index (χ1n) is 16.2. The Balaban J connectivity index is 0.00000278. The van der Waals surface area contributed by atoms with Crippen LogP contribution in [0.3, 0.4) is 0 Å². The summed E-state index contributed by atoms with van der Waals surface area (Å²) in [6.07, 6.45) is 8.16. The Labute approximate surface area is 250 Å². The molecule has 2 heteroatoms. The van der Waals surface area contributed by atoms with E-state index in [2.05, 4.69) is 62.5 Å². The number of rotatable bonds is 1. The Hall–Kier alpha value is -2.80. The van der Waals surface area contributed by atoms with E-state index in [9.17, 15) is 2.74 Å². The van der Waals surface area contributed by atoms with Crippen LogP contribution in [0.25, 0.3) is 43.9 Å². The van der Waals surface area contributed by atoms with E-state index in [1.54, 1.807) is 0 Å². The van der Waals surface area contributed by atoms with E-state index >= 15 is 0 Å². The first kappa shape index (κ1) is 20.1. The van der Waals surface area contributed by atoms with Crippen LogP contribution >= 0.6 is 0 Å². The minimum atomic E-state index is -0.209. The smallest absolute Gasteiger partial charge is 0.0613 e. The molecular weight excluding hydrogens is 651 g/mol. The van der Waals surface area contributed by atoms with Crippen molar-refractivity contribution in [2.45, 2.75) is 63.2 Å². The normalized spacial score (nSPS) is 26.6. The molecule has 5 aliphatic carbocycles. The van der Waals surface area contributed by atoms with Crippen molar-refractivity contribution in [2.24, 2.45) is 11.8 Å². The maximum Gasteiger partial charge on any atom is 0.0613 e. The maximum atomic E-state index is 9.40. The minimum absolute atomic E-state index is 0. The molecule has 0 spiro atoms. The van der Waals surface area contributed by atoms with Gasteiger partial charge in [0.15, 0.2) is 0 Å². The van der Waals surface area contributed by atoms with Crippen molar-refractivity contribution in [2.75, 3.05) is 0 Å². The van der Waals surface area contributed by atoms with Gasteiger partial charge in [0.05, 0.1) is 2.74 Å². The van der Waals surface area contributed by atoms with Crippen LogP contribution in [0.2, 0.25) is 0 Å². The molecular formula is C37H32IrN-. The standard InChI is InChI=1S/C37H32N.Ir/c1-37(2)33-9-4-3-6-28(33)29-11-10-23(19-34(29)37)26-7-5-8-30-27(26)12-13-31-35-25-17-21-14-22(18-25)16-24(15-21)32(35)20-38-36(30)31;/h3-7,9-13,19-22,24-25H,14-18H2,1-2H3;/q-1;/i5D,7D,12D,13D;. The van der Waals surface area contributed by atoms with Crippen LogP contribution in [0.5, 0.6) is 0 Å². The summed E-state index contributed by atoms with van der Waals surface area (Å²) in [5.41, 5.74) is 9.26. The number of hydrogen-bond donors (Lipinski definition) is 0. The molecule has 4 bridgehead atoms. The van der Waals surface area contributed by atoms with Gasteiger partial charge in [-0.25, -0.2) is 0 Å². The average Bonchev–Trinajstić information content (AvgIpc) is 3.07. The van der Waals surface area contributed by atoms with E-state index in [4.69, 9.17) is 7.73 Å². The van der Waals surface area contributed by atoms with E-state index in [0.717, 1.165) is 22.8 Å². The zero-order valence-corrected chi connectivity index (χ0v) is 24.6. The number of aromatic nitrogens is 1. The summed E-state index contributed by atoms with van der Waals surface area (Å²) in [6, 6.07) is 18.4. The van der Waals surface area contributed by atoms with Crippen molar-refractivity contribution < 1.29 is 25.6 Å². The molecule has 5 aliphatic rings. The molecule has 0 N–H and O–H groups in total. The molecule has 2 atom stereocenters. The summed E-state index contributed by atoms with van der Waals surface area (Å²) in [4.78, 5) is 5.00.